The minimum Gasteiger partial charge on any atom is -0.358 e. The van der Waals surface area contributed by atoms with Crippen LogP contribution in [0, 0.1) is 0 Å². The van der Waals surface area contributed by atoms with Crippen molar-refractivity contribution in [2.75, 3.05) is 13.6 Å². The summed E-state index contributed by atoms with van der Waals surface area (Å²) in [5.41, 5.74) is 1.07. The van der Waals surface area contributed by atoms with Crippen LogP contribution in [-0.4, -0.2) is 18.6 Å². The molecule has 1 heterocycles. The average molecular weight is 242 g/mol. The van der Waals surface area contributed by atoms with Crippen LogP contribution in [0.2, 0.25) is 0 Å². The van der Waals surface area contributed by atoms with E-state index in [0.29, 0.717) is 5.39 Å². The lowest BCUT2D eigenvalue weighted by atomic mass is 10.1. The number of H-pyrrole nitrogens is 1. The lowest BCUT2D eigenvalue weighted by Crippen LogP contribution is -2.10. The van der Waals surface area contributed by atoms with Gasteiger partial charge in [0.2, 0.25) is 0 Å². The van der Waals surface area contributed by atoms with Crippen LogP contribution in [0.1, 0.15) is 11.3 Å². The summed E-state index contributed by atoms with van der Waals surface area (Å²) in [5.74, 6) is 0. The van der Waals surface area contributed by atoms with E-state index in [0.717, 1.165) is 30.2 Å². The van der Waals surface area contributed by atoms with E-state index in [4.69, 9.17) is 0 Å². The number of likely N-dealkylation sites (N-methyl/N-ethyl adjacent to an activating group) is 1. The minimum atomic E-state index is -4.28. The monoisotopic (exact) mass is 242 g/mol. The number of benzene rings is 1. The summed E-state index contributed by atoms with van der Waals surface area (Å²) in [4.78, 5) is 3.10. The first-order chi connectivity index (χ1) is 8.00. The van der Waals surface area contributed by atoms with Gasteiger partial charge in [-0.2, -0.15) is 13.2 Å². The Kier molecular flexibility index (Phi) is 3.11. The molecule has 0 aliphatic rings. The van der Waals surface area contributed by atoms with Gasteiger partial charge in [-0.3, -0.25) is 0 Å². The smallest absolute Gasteiger partial charge is 0.358 e. The van der Waals surface area contributed by atoms with Gasteiger partial charge in [-0.1, -0.05) is 0 Å². The zero-order valence-electron chi connectivity index (χ0n) is 9.36. The van der Waals surface area contributed by atoms with Gasteiger partial charge in [-0.05, 0) is 37.7 Å². The average Bonchev–Trinajstić information content (AvgIpc) is 2.66. The number of nitrogens with one attached hydrogen (secondary N) is 2. The molecule has 1 aromatic heterocycles. The van der Waals surface area contributed by atoms with E-state index in [-0.39, 0.29) is 0 Å². The molecule has 0 aliphatic heterocycles. The number of aromatic nitrogens is 1. The van der Waals surface area contributed by atoms with E-state index in [9.17, 15) is 13.2 Å². The third kappa shape index (κ3) is 2.61. The molecule has 0 bridgehead atoms. The molecule has 2 aromatic rings. The van der Waals surface area contributed by atoms with Crippen molar-refractivity contribution in [1.29, 1.82) is 0 Å². The van der Waals surface area contributed by atoms with Gasteiger partial charge in [0.1, 0.15) is 0 Å². The summed E-state index contributed by atoms with van der Waals surface area (Å²) in [6, 6.07) is 5.51. The van der Waals surface area contributed by atoms with Crippen molar-refractivity contribution in [2.24, 2.45) is 0 Å². The van der Waals surface area contributed by atoms with Gasteiger partial charge in [0.15, 0.2) is 0 Å². The van der Waals surface area contributed by atoms with Gasteiger partial charge < -0.3 is 10.3 Å². The number of alkyl halides is 3. The molecule has 0 amide bonds. The van der Waals surface area contributed by atoms with Crippen molar-refractivity contribution in [3.63, 3.8) is 0 Å². The van der Waals surface area contributed by atoms with Crippen molar-refractivity contribution >= 4 is 10.9 Å². The van der Waals surface area contributed by atoms with E-state index >= 15 is 0 Å². The second kappa shape index (κ2) is 4.41. The largest absolute Gasteiger partial charge is 0.416 e. The number of halogens is 3. The van der Waals surface area contributed by atoms with Crippen molar-refractivity contribution in [1.82, 2.24) is 10.3 Å². The summed E-state index contributed by atoms with van der Waals surface area (Å²) in [7, 11) is 1.84. The van der Waals surface area contributed by atoms with Gasteiger partial charge in [0, 0.05) is 23.1 Å². The number of fused-ring (bicyclic) bond motifs is 1. The molecule has 0 atom stereocenters. The topological polar surface area (TPSA) is 27.8 Å². The molecule has 0 radical (unpaired) electrons. The Balaban J connectivity index is 2.34. The van der Waals surface area contributed by atoms with Crippen molar-refractivity contribution < 1.29 is 13.2 Å². The highest BCUT2D eigenvalue weighted by molar-refractivity contribution is 5.81. The predicted octanol–water partition coefficient (Wildman–Crippen LogP) is 2.95. The van der Waals surface area contributed by atoms with Gasteiger partial charge in [-0.15, -0.1) is 0 Å². The number of hydrogen-bond donors (Lipinski definition) is 2. The third-order valence-electron chi connectivity index (χ3n) is 2.65. The molecule has 2 rings (SSSR count). The Morgan fingerprint density at radius 2 is 2.00 bits per heavy atom. The van der Waals surface area contributed by atoms with Crippen LogP contribution in [0.25, 0.3) is 10.9 Å². The molecule has 0 unspecified atom stereocenters. The maximum Gasteiger partial charge on any atom is 0.416 e. The molecule has 0 fully saturated rings. The second-order valence-corrected chi connectivity index (χ2v) is 3.95. The lowest BCUT2D eigenvalue weighted by Gasteiger charge is -2.05. The zero-order chi connectivity index (χ0) is 12.5. The zero-order valence-corrected chi connectivity index (χ0v) is 9.36. The van der Waals surface area contributed by atoms with E-state index < -0.39 is 11.7 Å². The molecule has 92 valence electrons. The maximum atomic E-state index is 12.5. The molecule has 1 aromatic carbocycles. The third-order valence-corrected chi connectivity index (χ3v) is 2.65. The maximum absolute atomic E-state index is 12.5. The standard InChI is InChI=1S/C12H13F3N2/c1-16-5-4-10-7-8-6-9(12(13,14)15)2-3-11(8)17-10/h2-3,6-7,16-17H,4-5H2,1H3. The first kappa shape index (κ1) is 12.0. The van der Waals surface area contributed by atoms with E-state index in [1.165, 1.54) is 12.1 Å². The summed E-state index contributed by atoms with van der Waals surface area (Å²) in [6.45, 7) is 0.791. The van der Waals surface area contributed by atoms with Crippen LogP contribution in [0.3, 0.4) is 0 Å². The molecule has 0 saturated heterocycles. The fraction of sp³-hybridized carbons (Fsp3) is 0.333. The Hall–Kier alpha value is -1.49. The van der Waals surface area contributed by atoms with Gasteiger partial charge >= 0.3 is 6.18 Å². The van der Waals surface area contributed by atoms with Gasteiger partial charge in [0.05, 0.1) is 5.56 Å². The first-order valence-electron chi connectivity index (χ1n) is 5.34. The number of aromatic amines is 1. The van der Waals surface area contributed by atoms with Gasteiger partial charge in [-0.25, -0.2) is 0 Å². The summed E-state index contributed by atoms with van der Waals surface area (Å²) >= 11 is 0. The molecule has 2 N–H and O–H groups in total. The first-order valence-corrected chi connectivity index (χ1v) is 5.34. The number of hydrogen-bond acceptors (Lipinski definition) is 1. The molecule has 2 nitrogen and oxygen atoms in total. The van der Waals surface area contributed by atoms with Crippen LogP contribution in [-0.2, 0) is 12.6 Å². The highest BCUT2D eigenvalue weighted by atomic mass is 19.4. The van der Waals surface area contributed by atoms with Crippen LogP contribution in [0.5, 0.6) is 0 Å². The molecular weight excluding hydrogens is 229 g/mol. The Bertz CT molecular complexity index is 514. The lowest BCUT2D eigenvalue weighted by molar-refractivity contribution is -0.137. The quantitative estimate of drug-likeness (QED) is 0.850. The Morgan fingerprint density at radius 1 is 1.24 bits per heavy atom. The van der Waals surface area contributed by atoms with Crippen molar-refractivity contribution in [2.45, 2.75) is 12.6 Å². The molecule has 17 heavy (non-hydrogen) atoms. The van der Waals surface area contributed by atoms with Crippen LogP contribution in [0.15, 0.2) is 24.3 Å². The predicted molar refractivity (Wildman–Crippen MR) is 60.9 cm³/mol. The van der Waals surface area contributed by atoms with Crippen molar-refractivity contribution in [3.8, 4) is 0 Å². The second-order valence-electron chi connectivity index (χ2n) is 3.95. The van der Waals surface area contributed by atoms with Crippen LogP contribution < -0.4 is 5.32 Å². The normalized spacial score (nSPS) is 12.2. The summed E-state index contributed by atoms with van der Waals surface area (Å²) in [5, 5.41) is 3.60. The highest BCUT2D eigenvalue weighted by Gasteiger charge is 2.30. The highest BCUT2D eigenvalue weighted by Crippen LogP contribution is 2.31. The van der Waals surface area contributed by atoms with Crippen LogP contribution >= 0.6 is 0 Å². The van der Waals surface area contributed by atoms with E-state index in [2.05, 4.69) is 10.3 Å². The fourth-order valence-corrected chi connectivity index (χ4v) is 1.76. The fourth-order valence-electron chi connectivity index (χ4n) is 1.76. The Morgan fingerprint density at radius 3 is 2.65 bits per heavy atom. The van der Waals surface area contributed by atoms with Gasteiger partial charge in [0.25, 0.3) is 0 Å². The molecule has 0 spiro atoms. The molecule has 0 saturated carbocycles. The minimum absolute atomic E-state index is 0.603. The summed E-state index contributed by atoms with van der Waals surface area (Å²) in [6.07, 6.45) is -3.51. The molecule has 0 aliphatic carbocycles. The van der Waals surface area contributed by atoms with Crippen LogP contribution in [0.4, 0.5) is 13.2 Å². The Labute approximate surface area is 96.8 Å². The van der Waals surface area contributed by atoms with Crippen molar-refractivity contribution in [3.05, 3.63) is 35.5 Å². The SMILES string of the molecule is CNCCc1cc2cc(C(F)(F)F)ccc2[nH]1. The molecule has 5 heteroatoms. The van der Waals surface area contributed by atoms with E-state index in [1.54, 1.807) is 6.07 Å². The molecular formula is C12H13F3N2. The van der Waals surface area contributed by atoms with E-state index in [1.807, 2.05) is 7.05 Å². The number of rotatable bonds is 3. The summed E-state index contributed by atoms with van der Waals surface area (Å²) < 4.78 is 37.5.